The van der Waals surface area contributed by atoms with Gasteiger partial charge in [-0.05, 0) is 6.92 Å². The fraction of sp³-hybridized carbons (Fsp3) is 0.667. The molecule has 0 aliphatic heterocycles. The summed E-state index contributed by atoms with van der Waals surface area (Å²) in [5.74, 6) is -1.06. The van der Waals surface area contributed by atoms with Gasteiger partial charge < -0.3 is 5.11 Å². The molecule has 3 nitrogen and oxygen atoms in total. The first-order valence-electron chi connectivity index (χ1n) is 1.68. The summed E-state index contributed by atoms with van der Waals surface area (Å²) in [5, 5.41) is 7.97. The van der Waals surface area contributed by atoms with E-state index in [1.54, 1.807) is 0 Å². The smallest absolute Gasteiger partial charge is 0.334 e. The van der Waals surface area contributed by atoms with Gasteiger partial charge in [-0.15, -0.1) is 0 Å². The lowest BCUT2D eigenvalue weighted by Gasteiger charge is -1.95. The summed E-state index contributed by atoms with van der Waals surface area (Å²) in [5.41, 5.74) is 0. The molecule has 0 amide bonds. The highest BCUT2D eigenvalue weighted by atomic mass is 35.5. The minimum atomic E-state index is -1.06. The summed E-state index contributed by atoms with van der Waals surface area (Å²) in [6, 6.07) is 0. The number of hydrogen-bond acceptors (Lipinski definition) is 2. The van der Waals surface area contributed by atoms with E-state index < -0.39 is 12.1 Å². The van der Waals surface area contributed by atoms with Crippen molar-refractivity contribution in [1.29, 1.82) is 0 Å². The normalized spacial score (nSPS) is 13.4. The molecule has 0 rings (SSSR count). The third-order valence-electron chi connectivity index (χ3n) is 0.481. The van der Waals surface area contributed by atoms with Gasteiger partial charge >= 0.3 is 5.97 Å². The summed E-state index contributed by atoms with van der Waals surface area (Å²) in [7, 11) is 0. The molecule has 42 valence electrons. The molecule has 0 aromatic carbocycles. The highest BCUT2D eigenvalue weighted by Crippen LogP contribution is 1.91. The van der Waals surface area contributed by atoms with Gasteiger partial charge in [0.2, 0.25) is 0 Å². The molecule has 0 bridgehead atoms. The molecule has 0 aromatic rings. The maximum atomic E-state index is 9.72. The molecule has 0 saturated heterocycles. The first-order valence-corrected chi connectivity index (χ1v) is 1.99. The maximum absolute atomic E-state index is 9.72. The molecule has 4 heteroatoms. The number of hydrogen-bond donors (Lipinski definition) is 1. The summed E-state index contributed by atoms with van der Waals surface area (Å²) < 4.78 is 3.88. The Morgan fingerprint density at radius 2 is 2.43 bits per heavy atom. The van der Waals surface area contributed by atoms with E-state index in [1.165, 1.54) is 6.92 Å². The fourth-order valence-corrected chi connectivity index (χ4v) is 0.114. The van der Waals surface area contributed by atoms with Crippen LogP contribution < -0.4 is 0 Å². The summed E-state index contributed by atoms with van der Waals surface area (Å²) in [6.45, 7) is 1.34. The molecular formula is C3H5ClO3. The van der Waals surface area contributed by atoms with Crippen LogP contribution in [0.1, 0.15) is 6.92 Å². The van der Waals surface area contributed by atoms with Gasteiger partial charge in [0.25, 0.3) is 0 Å². The second-order valence-corrected chi connectivity index (χ2v) is 1.25. The number of halogens is 1. The van der Waals surface area contributed by atoms with Crippen LogP contribution in [0.25, 0.3) is 0 Å². The molecule has 1 N–H and O–H groups in total. The molecule has 0 radical (unpaired) electrons. The largest absolute Gasteiger partial charge is 0.479 e. The second kappa shape index (κ2) is 2.82. The fourth-order valence-electron chi connectivity index (χ4n) is 0.0381. The van der Waals surface area contributed by atoms with E-state index in [4.69, 9.17) is 5.11 Å². The summed E-state index contributed by atoms with van der Waals surface area (Å²) in [4.78, 5) is 9.72. The van der Waals surface area contributed by atoms with Crippen molar-refractivity contribution in [3.8, 4) is 0 Å². The molecule has 0 aliphatic carbocycles. The van der Waals surface area contributed by atoms with Crippen molar-refractivity contribution in [3.05, 3.63) is 0 Å². The van der Waals surface area contributed by atoms with E-state index in [0.29, 0.717) is 0 Å². The lowest BCUT2D eigenvalue weighted by Crippen LogP contribution is -2.15. The van der Waals surface area contributed by atoms with Crippen molar-refractivity contribution in [2.75, 3.05) is 0 Å². The van der Waals surface area contributed by atoms with Crippen molar-refractivity contribution in [3.63, 3.8) is 0 Å². The van der Waals surface area contributed by atoms with Gasteiger partial charge in [-0.1, -0.05) is 0 Å². The number of carboxylic acid groups (broad SMARTS) is 1. The average Bonchev–Trinajstić information content (AvgIpc) is 1.65. The van der Waals surface area contributed by atoms with Gasteiger partial charge in [-0.2, -0.15) is 0 Å². The third-order valence-corrected chi connectivity index (χ3v) is 0.749. The maximum Gasteiger partial charge on any atom is 0.334 e. The highest BCUT2D eigenvalue weighted by Gasteiger charge is 2.08. The number of carboxylic acids is 1. The van der Waals surface area contributed by atoms with Crippen molar-refractivity contribution >= 4 is 17.8 Å². The van der Waals surface area contributed by atoms with E-state index in [0.717, 1.165) is 0 Å². The predicted molar refractivity (Wildman–Crippen MR) is 24.0 cm³/mol. The van der Waals surface area contributed by atoms with E-state index in [2.05, 4.69) is 16.2 Å². The molecule has 1 atom stereocenters. The van der Waals surface area contributed by atoms with Crippen LogP contribution in [-0.4, -0.2) is 17.2 Å². The van der Waals surface area contributed by atoms with E-state index in [1.807, 2.05) is 0 Å². The zero-order chi connectivity index (χ0) is 5.86. The molecule has 0 fully saturated rings. The molecule has 0 aliphatic rings. The Bertz CT molecular complexity index is 72.6. The molecule has 0 heterocycles. The molecule has 0 spiro atoms. The van der Waals surface area contributed by atoms with Gasteiger partial charge in [-0.25, -0.2) is 4.79 Å². The third kappa shape index (κ3) is 2.42. The Labute approximate surface area is 46.0 Å². The van der Waals surface area contributed by atoms with E-state index in [9.17, 15) is 4.79 Å². The van der Waals surface area contributed by atoms with Gasteiger partial charge in [0.1, 0.15) is 0 Å². The van der Waals surface area contributed by atoms with E-state index >= 15 is 0 Å². The van der Waals surface area contributed by atoms with Crippen LogP contribution in [0.2, 0.25) is 0 Å². The van der Waals surface area contributed by atoms with Crippen LogP contribution in [0.4, 0.5) is 0 Å². The molecule has 1 unspecified atom stereocenters. The predicted octanol–water partition coefficient (Wildman–Crippen LogP) is 0.630. The second-order valence-electron chi connectivity index (χ2n) is 1.07. The summed E-state index contributed by atoms with van der Waals surface area (Å²) in [6.07, 6.45) is -0.915. The lowest BCUT2D eigenvalue weighted by atomic mass is 10.4. The molecule has 0 saturated carbocycles. The van der Waals surface area contributed by atoms with Crippen molar-refractivity contribution in [2.24, 2.45) is 0 Å². The van der Waals surface area contributed by atoms with Crippen LogP contribution >= 0.6 is 11.9 Å². The Morgan fingerprint density at radius 1 is 2.00 bits per heavy atom. The Balaban J connectivity index is 3.34. The number of rotatable bonds is 2. The lowest BCUT2D eigenvalue weighted by molar-refractivity contribution is -0.144. The zero-order valence-electron chi connectivity index (χ0n) is 3.72. The van der Waals surface area contributed by atoms with Crippen LogP contribution in [0.5, 0.6) is 0 Å². The van der Waals surface area contributed by atoms with Crippen LogP contribution in [-0.2, 0) is 9.08 Å². The van der Waals surface area contributed by atoms with Crippen LogP contribution in [0, 0.1) is 0 Å². The minimum absolute atomic E-state index is 0.915. The van der Waals surface area contributed by atoms with Crippen LogP contribution in [0.3, 0.4) is 0 Å². The van der Waals surface area contributed by atoms with Crippen molar-refractivity contribution in [1.82, 2.24) is 0 Å². The zero-order valence-corrected chi connectivity index (χ0v) is 4.47. The average molecular weight is 125 g/mol. The Kier molecular flexibility index (Phi) is 2.71. The first kappa shape index (κ1) is 6.72. The standard InChI is InChI=1S/C3H5ClO3/c1-2(7-4)3(5)6/h2H,1H3,(H,5,6). The Hall–Kier alpha value is -0.280. The van der Waals surface area contributed by atoms with Gasteiger partial charge in [0.05, 0.1) is 11.9 Å². The minimum Gasteiger partial charge on any atom is -0.479 e. The van der Waals surface area contributed by atoms with Gasteiger partial charge in [-0.3, -0.25) is 4.29 Å². The van der Waals surface area contributed by atoms with Gasteiger partial charge in [0.15, 0.2) is 6.10 Å². The monoisotopic (exact) mass is 124 g/mol. The quantitative estimate of drug-likeness (QED) is 0.587. The molecule has 7 heavy (non-hydrogen) atoms. The van der Waals surface area contributed by atoms with E-state index in [-0.39, 0.29) is 0 Å². The molecular weight excluding hydrogens is 119 g/mol. The topological polar surface area (TPSA) is 46.5 Å². The van der Waals surface area contributed by atoms with Crippen LogP contribution in [0.15, 0.2) is 0 Å². The first-order chi connectivity index (χ1) is 3.18. The number of carbonyl (C=O) groups is 1. The highest BCUT2D eigenvalue weighted by molar-refractivity contribution is 6.08. The van der Waals surface area contributed by atoms with Gasteiger partial charge in [0, 0.05) is 0 Å². The van der Waals surface area contributed by atoms with Crippen molar-refractivity contribution in [2.45, 2.75) is 13.0 Å². The Morgan fingerprint density at radius 3 is 2.43 bits per heavy atom. The van der Waals surface area contributed by atoms with Crippen molar-refractivity contribution < 1.29 is 14.2 Å². The number of aliphatic carboxylic acids is 1. The summed E-state index contributed by atoms with van der Waals surface area (Å²) >= 11 is 4.67. The SMILES string of the molecule is CC(OCl)C(=O)O. The molecule has 0 aromatic heterocycles.